The number of aromatic nitrogens is 2. The summed E-state index contributed by atoms with van der Waals surface area (Å²) >= 11 is 0. The van der Waals surface area contributed by atoms with Crippen LogP contribution in [0.3, 0.4) is 0 Å². The average molecular weight is 504 g/mol. The number of phenols is 1. The highest BCUT2D eigenvalue weighted by Gasteiger charge is 2.30. The summed E-state index contributed by atoms with van der Waals surface area (Å²) in [4.78, 5) is 67.4. The fourth-order valence-electron chi connectivity index (χ4n) is 3.25. The first-order valence-electron chi connectivity index (χ1n) is 11.0. The van der Waals surface area contributed by atoms with E-state index < -0.39 is 54.3 Å². The van der Waals surface area contributed by atoms with Gasteiger partial charge in [-0.1, -0.05) is 12.1 Å². The maximum Gasteiger partial charge on any atom is 0.326 e. The second-order valence-corrected chi connectivity index (χ2v) is 7.94. The molecule has 10 N–H and O–H groups in total. The zero-order valence-corrected chi connectivity index (χ0v) is 19.3. The summed E-state index contributed by atoms with van der Waals surface area (Å²) in [6, 6.07) is 2.00. The molecule has 1 aromatic heterocycles. The van der Waals surface area contributed by atoms with Gasteiger partial charge in [0.2, 0.25) is 23.6 Å². The molecule has 0 fully saturated rings. The quantitative estimate of drug-likeness (QED) is 0.137. The topological polar surface area (TPSA) is 243 Å². The Bertz CT molecular complexity index is 1060. The van der Waals surface area contributed by atoms with E-state index in [1.54, 1.807) is 0 Å². The Hall–Kier alpha value is -4.46. The Kier molecular flexibility index (Phi) is 10.4. The van der Waals surface area contributed by atoms with Crippen LogP contribution in [0.1, 0.15) is 24.1 Å². The third-order valence-corrected chi connectivity index (χ3v) is 5.12. The lowest BCUT2D eigenvalue weighted by Crippen LogP contribution is -2.57. The number of hydrogen-bond donors (Lipinski definition) is 8. The monoisotopic (exact) mass is 503 g/mol. The highest BCUT2D eigenvalue weighted by molar-refractivity contribution is 5.94. The van der Waals surface area contributed by atoms with Gasteiger partial charge in [-0.2, -0.15) is 0 Å². The fraction of sp³-hybridized carbons (Fsp3) is 0.364. The zero-order valence-electron chi connectivity index (χ0n) is 19.3. The van der Waals surface area contributed by atoms with Crippen LogP contribution in [0.4, 0.5) is 0 Å². The maximum atomic E-state index is 13.1. The summed E-state index contributed by atoms with van der Waals surface area (Å²) in [6.07, 6.45) is 2.29. The number of carboxylic acid groups (broad SMARTS) is 1. The molecule has 0 radical (unpaired) electrons. The standard InChI is InChI=1S/C22H29N7O7/c23-9-19(32)27-15(5-6-18(24)31)20(33)28-16(8-13-10-25-11-26-13)21(34)29-17(22(35)36)7-12-1-3-14(30)4-2-12/h1-4,10-11,15-17,30H,5-9,23H2,(H2,24,31)(H,25,26)(H,27,32)(H,28,33)(H,29,34)(H,35,36). The largest absolute Gasteiger partial charge is 0.508 e. The first-order chi connectivity index (χ1) is 17.1. The van der Waals surface area contributed by atoms with Crippen LogP contribution in [0.25, 0.3) is 0 Å². The predicted molar refractivity (Wildman–Crippen MR) is 125 cm³/mol. The van der Waals surface area contributed by atoms with E-state index >= 15 is 0 Å². The van der Waals surface area contributed by atoms with Crippen molar-refractivity contribution in [3.63, 3.8) is 0 Å². The lowest BCUT2D eigenvalue weighted by molar-refractivity contribution is -0.142. The van der Waals surface area contributed by atoms with Crippen molar-refractivity contribution in [2.75, 3.05) is 6.54 Å². The molecule has 1 heterocycles. The van der Waals surface area contributed by atoms with E-state index in [1.165, 1.54) is 36.8 Å². The Morgan fingerprint density at radius 2 is 1.58 bits per heavy atom. The van der Waals surface area contributed by atoms with Crippen LogP contribution in [0.2, 0.25) is 0 Å². The minimum absolute atomic E-state index is 0.00427. The van der Waals surface area contributed by atoms with Crippen LogP contribution in [0, 0.1) is 0 Å². The first kappa shape index (κ1) is 27.8. The summed E-state index contributed by atoms with van der Waals surface area (Å²) in [7, 11) is 0. The number of carbonyl (C=O) groups excluding carboxylic acids is 4. The van der Waals surface area contributed by atoms with Crippen molar-refractivity contribution in [1.29, 1.82) is 0 Å². The Morgan fingerprint density at radius 1 is 0.944 bits per heavy atom. The number of rotatable bonds is 14. The lowest BCUT2D eigenvalue weighted by atomic mass is 10.0. The molecule has 2 rings (SSSR count). The van der Waals surface area contributed by atoms with E-state index in [9.17, 15) is 34.2 Å². The second-order valence-electron chi connectivity index (χ2n) is 7.94. The number of hydrogen-bond acceptors (Lipinski definition) is 8. The molecular weight excluding hydrogens is 474 g/mol. The van der Waals surface area contributed by atoms with E-state index in [-0.39, 0.29) is 31.4 Å². The van der Waals surface area contributed by atoms with E-state index in [4.69, 9.17) is 11.5 Å². The van der Waals surface area contributed by atoms with Crippen molar-refractivity contribution in [3.8, 4) is 5.75 Å². The summed E-state index contributed by atoms with van der Waals surface area (Å²) in [6.45, 7) is -0.407. The van der Waals surface area contributed by atoms with Crippen molar-refractivity contribution < 1.29 is 34.2 Å². The average Bonchev–Trinajstić information content (AvgIpc) is 3.34. The molecule has 1 aromatic carbocycles. The fourth-order valence-corrected chi connectivity index (χ4v) is 3.25. The third kappa shape index (κ3) is 9.06. The molecule has 194 valence electrons. The zero-order chi connectivity index (χ0) is 26.7. The third-order valence-electron chi connectivity index (χ3n) is 5.12. The summed E-state index contributed by atoms with van der Waals surface area (Å²) in [5.74, 6) is -4.25. The number of benzene rings is 1. The van der Waals surface area contributed by atoms with Crippen LogP contribution in [-0.2, 0) is 36.8 Å². The summed E-state index contributed by atoms with van der Waals surface area (Å²) in [5.41, 5.74) is 11.5. The van der Waals surface area contributed by atoms with Crippen molar-refractivity contribution in [1.82, 2.24) is 25.9 Å². The first-order valence-corrected chi connectivity index (χ1v) is 11.0. The minimum atomic E-state index is -1.34. The Morgan fingerprint density at radius 3 is 2.14 bits per heavy atom. The smallest absolute Gasteiger partial charge is 0.326 e. The van der Waals surface area contributed by atoms with Gasteiger partial charge in [0.05, 0.1) is 12.9 Å². The number of aliphatic carboxylic acids is 1. The molecule has 0 saturated heterocycles. The molecule has 3 atom stereocenters. The number of phenolic OH excluding ortho intramolecular Hbond substituents is 1. The van der Waals surface area contributed by atoms with Crippen molar-refractivity contribution >= 4 is 29.6 Å². The molecule has 0 saturated carbocycles. The molecule has 2 aromatic rings. The van der Waals surface area contributed by atoms with Crippen LogP contribution in [0.5, 0.6) is 5.75 Å². The summed E-state index contributed by atoms with van der Waals surface area (Å²) < 4.78 is 0. The molecule has 14 heteroatoms. The van der Waals surface area contributed by atoms with Crippen LogP contribution in [-0.4, -0.2) is 74.4 Å². The number of aromatic amines is 1. The number of primary amides is 1. The van der Waals surface area contributed by atoms with E-state index in [0.29, 0.717) is 11.3 Å². The maximum absolute atomic E-state index is 13.1. The summed E-state index contributed by atoms with van der Waals surface area (Å²) in [5, 5.41) is 26.3. The normalized spacial score (nSPS) is 13.1. The van der Waals surface area contributed by atoms with Gasteiger partial charge in [-0.25, -0.2) is 9.78 Å². The Labute approximate surface area is 205 Å². The Balaban J connectivity index is 2.20. The lowest BCUT2D eigenvalue weighted by Gasteiger charge is -2.24. The molecule has 0 spiro atoms. The number of nitrogens with two attached hydrogens (primary N) is 2. The van der Waals surface area contributed by atoms with Crippen molar-refractivity contribution in [2.45, 2.75) is 43.8 Å². The molecular formula is C22H29N7O7. The number of amides is 4. The van der Waals surface area contributed by atoms with Gasteiger partial charge in [0, 0.05) is 31.2 Å². The molecule has 4 amide bonds. The van der Waals surface area contributed by atoms with Crippen LogP contribution in [0.15, 0.2) is 36.8 Å². The highest BCUT2D eigenvalue weighted by atomic mass is 16.4. The molecule has 0 bridgehead atoms. The van der Waals surface area contributed by atoms with Gasteiger partial charge in [-0.3, -0.25) is 19.2 Å². The minimum Gasteiger partial charge on any atom is -0.508 e. The number of carbonyl (C=O) groups is 5. The number of imidazole rings is 1. The van der Waals surface area contributed by atoms with Crippen LogP contribution >= 0.6 is 0 Å². The van der Waals surface area contributed by atoms with E-state index in [0.717, 1.165) is 0 Å². The number of H-pyrrole nitrogens is 1. The molecule has 0 aliphatic heterocycles. The SMILES string of the molecule is NCC(=O)NC(CCC(N)=O)C(=O)NC(Cc1cnc[nH]1)C(=O)NC(Cc1ccc(O)cc1)C(=O)O. The van der Waals surface area contributed by atoms with E-state index in [2.05, 4.69) is 25.9 Å². The highest BCUT2D eigenvalue weighted by Crippen LogP contribution is 2.12. The molecule has 14 nitrogen and oxygen atoms in total. The number of aromatic hydroxyl groups is 1. The van der Waals surface area contributed by atoms with Gasteiger partial charge in [0.15, 0.2) is 0 Å². The number of nitrogens with one attached hydrogen (secondary N) is 4. The van der Waals surface area contributed by atoms with E-state index in [1.807, 2.05) is 0 Å². The van der Waals surface area contributed by atoms with Gasteiger partial charge in [0.1, 0.15) is 23.9 Å². The molecule has 3 unspecified atom stereocenters. The predicted octanol–water partition coefficient (Wildman–Crippen LogP) is -2.34. The molecule has 0 aliphatic rings. The van der Waals surface area contributed by atoms with Crippen molar-refractivity contribution in [3.05, 3.63) is 48.0 Å². The second kappa shape index (κ2) is 13.4. The van der Waals surface area contributed by atoms with Gasteiger partial charge < -0.3 is 42.6 Å². The molecule has 0 aliphatic carbocycles. The van der Waals surface area contributed by atoms with Gasteiger partial charge in [0.25, 0.3) is 0 Å². The van der Waals surface area contributed by atoms with Gasteiger partial charge in [-0.05, 0) is 24.1 Å². The number of carboxylic acids is 1. The van der Waals surface area contributed by atoms with Crippen molar-refractivity contribution in [2.24, 2.45) is 11.5 Å². The van der Waals surface area contributed by atoms with Crippen LogP contribution < -0.4 is 27.4 Å². The number of nitrogens with zero attached hydrogens (tertiary/aromatic N) is 1. The van der Waals surface area contributed by atoms with Gasteiger partial charge in [-0.15, -0.1) is 0 Å². The van der Waals surface area contributed by atoms with Gasteiger partial charge >= 0.3 is 5.97 Å². The molecule has 36 heavy (non-hydrogen) atoms.